The second kappa shape index (κ2) is 4.92. The van der Waals surface area contributed by atoms with Crippen molar-refractivity contribution in [2.45, 2.75) is 44.6 Å². The summed E-state index contributed by atoms with van der Waals surface area (Å²) >= 11 is 0. The highest BCUT2D eigenvalue weighted by Crippen LogP contribution is 2.38. The quantitative estimate of drug-likeness (QED) is 0.870. The van der Waals surface area contributed by atoms with E-state index in [0.717, 1.165) is 19.3 Å². The van der Waals surface area contributed by atoms with Gasteiger partial charge in [0.1, 0.15) is 17.7 Å². The first-order valence-electron chi connectivity index (χ1n) is 7.15. The zero-order valence-electron chi connectivity index (χ0n) is 11.5. The molecule has 6 nitrogen and oxygen atoms in total. The molecule has 6 heteroatoms. The molecule has 0 amide bonds. The van der Waals surface area contributed by atoms with E-state index in [9.17, 15) is 14.7 Å². The number of aromatic amines is 1. The summed E-state index contributed by atoms with van der Waals surface area (Å²) in [6, 6.07) is 0.831. The number of anilines is 1. The smallest absolute Gasteiger partial charge is 0.326 e. The molecule has 0 aromatic carbocycles. The van der Waals surface area contributed by atoms with Gasteiger partial charge in [-0.25, -0.2) is 9.78 Å². The Hall–Kier alpha value is -1.85. The summed E-state index contributed by atoms with van der Waals surface area (Å²) in [5.41, 5.74) is -0.195. The molecule has 2 atom stereocenters. The highest BCUT2D eigenvalue weighted by molar-refractivity contribution is 5.78. The van der Waals surface area contributed by atoms with E-state index in [1.807, 2.05) is 0 Å². The third-order valence-corrected chi connectivity index (χ3v) is 4.15. The van der Waals surface area contributed by atoms with Crippen LogP contribution in [-0.4, -0.2) is 33.6 Å². The van der Waals surface area contributed by atoms with E-state index in [1.54, 1.807) is 4.90 Å². The van der Waals surface area contributed by atoms with Crippen LogP contribution in [0.5, 0.6) is 0 Å². The normalized spacial score (nSPS) is 26.6. The van der Waals surface area contributed by atoms with Crippen molar-refractivity contribution in [3.63, 3.8) is 0 Å². The van der Waals surface area contributed by atoms with E-state index in [1.165, 1.54) is 6.07 Å². The summed E-state index contributed by atoms with van der Waals surface area (Å²) < 4.78 is 0. The van der Waals surface area contributed by atoms with Gasteiger partial charge in [0.05, 0.1) is 0 Å². The van der Waals surface area contributed by atoms with Crippen LogP contribution >= 0.6 is 0 Å². The zero-order valence-corrected chi connectivity index (χ0v) is 11.5. The number of nitrogens with zero attached hydrogens (tertiary/aromatic N) is 2. The molecular formula is C14H19N3O3. The van der Waals surface area contributed by atoms with E-state index in [4.69, 9.17) is 0 Å². The number of hydrogen-bond donors (Lipinski definition) is 2. The van der Waals surface area contributed by atoms with Crippen molar-refractivity contribution in [3.8, 4) is 0 Å². The minimum absolute atomic E-state index is 0.195. The molecule has 1 aromatic rings. The molecule has 1 saturated carbocycles. The van der Waals surface area contributed by atoms with Gasteiger partial charge in [-0.1, -0.05) is 6.92 Å². The lowest BCUT2D eigenvalue weighted by Crippen LogP contribution is -2.47. The van der Waals surface area contributed by atoms with E-state index in [-0.39, 0.29) is 5.56 Å². The number of aromatic nitrogens is 2. The Bertz CT molecular complexity index is 579. The first-order chi connectivity index (χ1) is 9.54. The Morgan fingerprint density at radius 1 is 1.45 bits per heavy atom. The summed E-state index contributed by atoms with van der Waals surface area (Å²) in [4.78, 5) is 32.2. The summed E-state index contributed by atoms with van der Waals surface area (Å²) in [5.74, 6) is 1.10. The molecule has 1 aliphatic heterocycles. The largest absolute Gasteiger partial charge is 0.480 e. The average Bonchev–Trinajstić information content (AvgIpc) is 3.22. The maximum Gasteiger partial charge on any atom is 0.326 e. The first kappa shape index (κ1) is 13.1. The molecule has 3 rings (SSSR count). The van der Waals surface area contributed by atoms with Crippen LogP contribution in [-0.2, 0) is 4.79 Å². The van der Waals surface area contributed by atoms with Crippen molar-refractivity contribution < 1.29 is 9.90 Å². The summed E-state index contributed by atoms with van der Waals surface area (Å²) in [6.45, 7) is 2.70. The van der Waals surface area contributed by atoms with Crippen molar-refractivity contribution in [3.05, 3.63) is 22.2 Å². The number of hydrogen-bond acceptors (Lipinski definition) is 4. The van der Waals surface area contributed by atoms with Crippen LogP contribution in [0.3, 0.4) is 0 Å². The number of rotatable bonds is 3. The number of nitrogens with one attached hydrogen (secondary N) is 1. The predicted molar refractivity (Wildman–Crippen MR) is 74.0 cm³/mol. The molecule has 1 aliphatic carbocycles. The lowest BCUT2D eigenvalue weighted by atomic mass is 9.92. The Kier molecular flexibility index (Phi) is 3.23. The molecule has 1 saturated heterocycles. The second-order valence-electron chi connectivity index (χ2n) is 5.94. The number of piperidine rings is 1. The molecule has 1 aromatic heterocycles. The zero-order chi connectivity index (χ0) is 14.3. The highest BCUT2D eigenvalue weighted by Gasteiger charge is 2.34. The van der Waals surface area contributed by atoms with Crippen molar-refractivity contribution in [2.75, 3.05) is 11.4 Å². The van der Waals surface area contributed by atoms with Crippen LogP contribution in [0, 0.1) is 5.92 Å². The fourth-order valence-electron chi connectivity index (χ4n) is 2.81. The summed E-state index contributed by atoms with van der Waals surface area (Å²) in [7, 11) is 0. The molecule has 20 heavy (non-hydrogen) atoms. The minimum Gasteiger partial charge on any atom is -0.480 e. The van der Waals surface area contributed by atoms with Crippen LogP contribution in [0.4, 0.5) is 5.82 Å². The van der Waals surface area contributed by atoms with Gasteiger partial charge in [-0.2, -0.15) is 0 Å². The van der Waals surface area contributed by atoms with Crippen LogP contribution in [0.25, 0.3) is 0 Å². The number of carboxylic acid groups (broad SMARTS) is 1. The van der Waals surface area contributed by atoms with Gasteiger partial charge in [0.15, 0.2) is 0 Å². The summed E-state index contributed by atoms with van der Waals surface area (Å²) in [5, 5.41) is 9.39. The van der Waals surface area contributed by atoms with Gasteiger partial charge in [-0.15, -0.1) is 0 Å². The number of carboxylic acids is 1. The molecule has 0 bridgehead atoms. The van der Waals surface area contributed by atoms with Gasteiger partial charge in [0.2, 0.25) is 0 Å². The molecule has 2 fully saturated rings. The Morgan fingerprint density at radius 3 is 2.85 bits per heavy atom. The first-order valence-corrected chi connectivity index (χ1v) is 7.15. The van der Waals surface area contributed by atoms with Crippen LogP contribution in [0.15, 0.2) is 10.9 Å². The summed E-state index contributed by atoms with van der Waals surface area (Å²) in [6.07, 6.45) is 3.62. The predicted octanol–water partition coefficient (Wildman–Crippen LogP) is 1.34. The number of H-pyrrole nitrogens is 1. The topological polar surface area (TPSA) is 86.3 Å². The van der Waals surface area contributed by atoms with E-state index >= 15 is 0 Å². The molecule has 2 N–H and O–H groups in total. The van der Waals surface area contributed by atoms with Crippen molar-refractivity contribution in [2.24, 2.45) is 5.92 Å². The second-order valence-corrected chi connectivity index (χ2v) is 5.94. The Balaban J connectivity index is 1.93. The molecule has 2 unspecified atom stereocenters. The van der Waals surface area contributed by atoms with Gasteiger partial charge < -0.3 is 15.0 Å². The number of aliphatic carboxylic acids is 1. The third kappa shape index (κ3) is 2.55. The molecule has 2 heterocycles. The highest BCUT2D eigenvalue weighted by atomic mass is 16.4. The van der Waals surface area contributed by atoms with E-state index in [2.05, 4.69) is 16.9 Å². The monoisotopic (exact) mass is 277 g/mol. The minimum atomic E-state index is -0.841. The Morgan fingerprint density at radius 2 is 2.20 bits per heavy atom. The molecule has 108 valence electrons. The number of carbonyl (C=O) groups is 1. The average molecular weight is 277 g/mol. The lowest BCUT2D eigenvalue weighted by molar-refractivity contribution is -0.139. The molecular weight excluding hydrogens is 258 g/mol. The van der Waals surface area contributed by atoms with Gasteiger partial charge in [-0.05, 0) is 31.6 Å². The van der Waals surface area contributed by atoms with Gasteiger partial charge >= 0.3 is 5.97 Å². The Labute approximate surface area is 116 Å². The van der Waals surface area contributed by atoms with Crippen molar-refractivity contribution in [1.82, 2.24) is 9.97 Å². The van der Waals surface area contributed by atoms with Gasteiger partial charge in [0, 0.05) is 18.5 Å². The fraction of sp³-hybridized carbons (Fsp3) is 0.643. The molecule has 2 aliphatic rings. The molecule has 0 radical (unpaired) electrons. The van der Waals surface area contributed by atoms with Gasteiger partial charge in [-0.3, -0.25) is 4.79 Å². The fourth-order valence-corrected chi connectivity index (χ4v) is 2.81. The third-order valence-electron chi connectivity index (χ3n) is 4.15. The lowest BCUT2D eigenvalue weighted by Gasteiger charge is -2.36. The van der Waals surface area contributed by atoms with Crippen LogP contribution in [0.2, 0.25) is 0 Å². The standard InChI is InChI=1S/C14H19N3O3/c1-8-4-5-17(10(6-8)14(19)20)11-7-12(18)16-13(15-11)9-2-3-9/h7-10H,2-6H2,1H3,(H,19,20)(H,15,16,18). The SMILES string of the molecule is CC1CCN(c2cc(=O)[nH]c(C3CC3)n2)C(C(=O)O)C1. The van der Waals surface area contributed by atoms with Crippen molar-refractivity contribution >= 4 is 11.8 Å². The van der Waals surface area contributed by atoms with E-state index < -0.39 is 12.0 Å². The van der Waals surface area contributed by atoms with E-state index in [0.29, 0.717) is 36.4 Å². The maximum atomic E-state index is 11.8. The van der Waals surface area contributed by atoms with Gasteiger partial charge in [0.25, 0.3) is 5.56 Å². The van der Waals surface area contributed by atoms with Crippen LogP contribution < -0.4 is 10.5 Å². The van der Waals surface area contributed by atoms with Crippen molar-refractivity contribution in [1.29, 1.82) is 0 Å². The maximum absolute atomic E-state index is 11.8. The molecule has 0 spiro atoms. The van der Waals surface area contributed by atoms with Crippen LogP contribution in [0.1, 0.15) is 44.3 Å².